The lowest BCUT2D eigenvalue weighted by Crippen LogP contribution is -2.61. The van der Waals surface area contributed by atoms with E-state index in [1.165, 1.54) is 19.5 Å². The molecule has 0 saturated carbocycles. The molecule has 0 amide bonds. The van der Waals surface area contributed by atoms with Crippen LogP contribution in [0.25, 0.3) is 0 Å². The summed E-state index contributed by atoms with van der Waals surface area (Å²) in [6.07, 6.45) is 3.32. The Morgan fingerprint density at radius 3 is 3.20 bits per heavy atom. The first-order chi connectivity index (χ1) is 4.92. The number of piperidine rings is 1. The molecule has 2 fully saturated rings. The molecule has 0 bridgehead atoms. The minimum atomic E-state index is 0.770. The van der Waals surface area contributed by atoms with E-state index in [-0.39, 0.29) is 0 Å². The molecular formula is C8H14N2. The maximum atomic E-state index is 3.77. The van der Waals surface area contributed by atoms with Gasteiger partial charge < -0.3 is 10.2 Å². The topological polar surface area (TPSA) is 15.3 Å². The molecule has 1 N–H and O–H groups in total. The highest BCUT2D eigenvalue weighted by Crippen LogP contribution is 2.28. The van der Waals surface area contributed by atoms with E-state index < -0.39 is 0 Å². The van der Waals surface area contributed by atoms with Gasteiger partial charge in [-0.3, -0.25) is 0 Å². The number of hydrogen-bond donors (Lipinski definition) is 1. The van der Waals surface area contributed by atoms with Crippen LogP contribution in [-0.4, -0.2) is 30.6 Å². The van der Waals surface area contributed by atoms with Crippen molar-refractivity contribution in [2.45, 2.75) is 12.5 Å². The normalized spacial score (nSPS) is 38.2. The zero-order valence-corrected chi connectivity index (χ0v) is 6.21. The van der Waals surface area contributed by atoms with Crippen LogP contribution in [-0.2, 0) is 0 Å². The van der Waals surface area contributed by atoms with Gasteiger partial charge in [-0.1, -0.05) is 6.58 Å². The van der Waals surface area contributed by atoms with E-state index in [4.69, 9.17) is 0 Å². The van der Waals surface area contributed by atoms with Gasteiger partial charge in [0.25, 0.3) is 0 Å². The lowest BCUT2D eigenvalue weighted by atomic mass is 9.84. The minimum absolute atomic E-state index is 0.770. The van der Waals surface area contributed by atoms with Crippen molar-refractivity contribution in [3.63, 3.8) is 0 Å². The van der Waals surface area contributed by atoms with Gasteiger partial charge in [0, 0.05) is 19.1 Å². The fourth-order valence-corrected chi connectivity index (χ4v) is 1.98. The van der Waals surface area contributed by atoms with Crippen molar-refractivity contribution >= 4 is 0 Å². The third-order valence-corrected chi connectivity index (χ3v) is 2.70. The Morgan fingerprint density at radius 2 is 2.50 bits per heavy atom. The molecule has 1 unspecified atom stereocenters. The summed E-state index contributed by atoms with van der Waals surface area (Å²) in [5, 5.41) is 3.39. The van der Waals surface area contributed by atoms with Crippen LogP contribution in [0.3, 0.4) is 0 Å². The molecule has 2 aliphatic heterocycles. The SMILES string of the molecule is C=CN1C[C@@H]2CCNCC21. The average molecular weight is 138 g/mol. The van der Waals surface area contributed by atoms with Gasteiger partial charge in [0.05, 0.1) is 0 Å². The average Bonchev–Trinajstić information content (AvgIpc) is 1.92. The van der Waals surface area contributed by atoms with E-state index in [0.29, 0.717) is 0 Å². The van der Waals surface area contributed by atoms with E-state index >= 15 is 0 Å². The first-order valence-corrected chi connectivity index (χ1v) is 4.01. The van der Waals surface area contributed by atoms with E-state index in [1.54, 1.807) is 0 Å². The van der Waals surface area contributed by atoms with Crippen LogP contribution < -0.4 is 5.32 Å². The molecule has 2 nitrogen and oxygen atoms in total. The van der Waals surface area contributed by atoms with Crippen molar-refractivity contribution in [3.05, 3.63) is 12.8 Å². The predicted molar refractivity (Wildman–Crippen MR) is 41.7 cm³/mol. The van der Waals surface area contributed by atoms with E-state index in [1.807, 2.05) is 6.20 Å². The summed E-state index contributed by atoms with van der Waals surface area (Å²) in [6, 6.07) is 0.770. The number of hydrogen-bond acceptors (Lipinski definition) is 2. The van der Waals surface area contributed by atoms with Crippen LogP contribution >= 0.6 is 0 Å². The van der Waals surface area contributed by atoms with Gasteiger partial charge in [-0.25, -0.2) is 0 Å². The molecule has 0 aliphatic carbocycles. The van der Waals surface area contributed by atoms with Gasteiger partial charge >= 0.3 is 0 Å². The summed E-state index contributed by atoms with van der Waals surface area (Å²) in [5.74, 6) is 0.958. The Morgan fingerprint density at radius 1 is 1.60 bits per heavy atom. The second-order valence-corrected chi connectivity index (χ2v) is 3.20. The molecule has 2 rings (SSSR count). The lowest BCUT2D eigenvalue weighted by molar-refractivity contribution is 0.0391. The van der Waals surface area contributed by atoms with Crippen LogP contribution in [0.2, 0.25) is 0 Å². The van der Waals surface area contributed by atoms with E-state index in [2.05, 4.69) is 16.8 Å². The largest absolute Gasteiger partial charge is 0.373 e. The molecule has 0 radical (unpaired) electrons. The van der Waals surface area contributed by atoms with Gasteiger partial charge in [0.2, 0.25) is 0 Å². The number of rotatable bonds is 1. The van der Waals surface area contributed by atoms with Crippen molar-refractivity contribution in [1.29, 1.82) is 0 Å². The van der Waals surface area contributed by atoms with Gasteiger partial charge in [-0.15, -0.1) is 0 Å². The van der Waals surface area contributed by atoms with E-state index in [9.17, 15) is 0 Å². The molecule has 2 heteroatoms. The summed E-state index contributed by atoms with van der Waals surface area (Å²) in [5.41, 5.74) is 0. The second kappa shape index (κ2) is 2.27. The smallest absolute Gasteiger partial charge is 0.0454 e. The Hall–Kier alpha value is -0.500. The molecule has 10 heavy (non-hydrogen) atoms. The summed E-state index contributed by atoms with van der Waals surface area (Å²) < 4.78 is 0. The molecular weight excluding hydrogens is 124 g/mol. The zero-order valence-electron chi connectivity index (χ0n) is 6.21. The fraction of sp³-hybridized carbons (Fsp3) is 0.750. The van der Waals surface area contributed by atoms with Crippen molar-refractivity contribution in [2.24, 2.45) is 5.92 Å². The van der Waals surface area contributed by atoms with Gasteiger partial charge in [0.15, 0.2) is 0 Å². The highest BCUT2D eigenvalue weighted by Gasteiger charge is 2.37. The maximum absolute atomic E-state index is 3.77. The summed E-state index contributed by atoms with van der Waals surface area (Å²) in [4.78, 5) is 2.33. The highest BCUT2D eigenvalue weighted by atomic mass is 15.2. The van der Waals surface area contributed by atoms with E-state index in [0.717, 1.165) is 18.5 Å². The second-order valence-electron chi connectivity index (χ2n) is 3.20. The molecule has 0 aromatic carbocycles. The Kier molecular flexibility index (Phi) is 1.42. The van der Waals surface area contributed by atoms with Crippen LogP contribution in [0.15, 0.2) is 12.8 Å². The molecule has 0 aromatic rings. The van der Waals surface area contributed by atoms with Gasteiger partial charge in [-0.2, -0.15) is 0 Å². The molecule has 2 atom stereocenters. The van der Waals surface area contributed by atoms with Crippen molar-refractivity contribution in [1.82, 2.24) is 10.2 Å². The molecule has 56 valence electrons. The Bertz CT molecular complexity index is 144. The number of nitrogens with one attached hydrogen (secondary N) is 1. The van der Waals surface area contributed by atoms with Crippen molar-refractivity contribution < 1.29 is 0 Å². The zero-order chi connectivity index (χ0) is 6.97. The van der Waals surface area contributed by atoms with Crippen LogP contribution in [0.1, 0.15) is 6.42 Å². The first-order valence-electron chi connectivity index (χ1n) is 4.01. The standard InChI is InChI=1S/C8H14N2/c1-2-10-6-7-3-4-9-5-8(7)10/h2,7-9H,1,3-6H2/t7-,8?/m0/s1. The Labute approximate surface area is 61.9 Å². The molecule has 2 heterocycles. The Balaban J connectivity index is 1.94. The molecule has 0 spiro atoms. The van der Waals surface area contributed by atoms with Crippen LogP contribution in [0.4, 0.5) is 0 Å². The van der Waals surface area contributed by atoms with Crippen LogP contribution in [0.5, 0.6) is 0 Å². The third kappa shape index (κ3) is 0.754. The summed E-state index contributed by atoms with van der Waals surface area (Å²) in [7, 11) is 0. The predicted octanol–water partition coefficient (Wildman–Crippen LogP) is 0.424. The van der Waals surface area contributed by atoms with Gasteiger partial charge in [0.1, 0.15) is 0 Å². The monoisotopic (exact) mass is 138 g/mol. The number of nitrogens with zero attached hydrogens (tertiary/aromatic N) is 1. The third-order valence-electron chi connectivity index (χ3n) is 2.70. The molecule has 2 saturated heterocycles. The fourth-order valence-electron chi connectivity index (χ4n) is 1.98. The molecule has 2 aliphatic rings. The van der Waals surface area contributed by atoms with Crippen molar-refractivity contribution in [2.75, 3.05) is 19.6 Å². The highest BCUT2D eigenvalue weighted by molar-refractivity contribution is 4.99. The number of fused-ring (bicyclic) bond motifs is 1. The minimum Gasteiger partial charge on any atom is -0.373 e. The molecule has 0 aromatic heterocycles. The van der Waals surface area contributed by atoms with Crippen LogP contribution in [0, 0.1) is 5.92 Å². The maximum Gasteiger partial charge on any atom is 0.0454 e. The lowest BCUT2D eigenvalue weighted by Gasteiger charge is -2.50. The first kappa shape index (κ1) is 6.23. The number of likely N-dealkylation sites (tertiary alicyclic amines) is 1. The summed E-state index contributed by atoms with van der Waals surface area (Å²) in [6.45, 7) is 7.40. The summed E-state index contributed by atoms with van der Waals surface area (Å²) >= 11 is 0. The van der Waals surface area contributed by atoms with Crippen molar-refractivity contribution in [3.8, 4) is 0 Å². The quantitative estimate of drug-likeness (QED) is 0.565. The van der Waals surface area contributed by atoms with Gasteiger partial charge in [-0.05, 0) is 25.1 Å².